The first-order valence-electron chi connectivity index (χ1n) is 16.6. The van der Waals surface area contributed by atoms with Gasteiger partial charge in [-0.1, -0.05) is 103 Å². The van der Waals surface area contributed by atoms with Gasteiger partial charge in [-0.2, -0.15) is 0 Å². The first-order chi connectivity index (χ1) is 18.4. The topological polar surface area (TPSA) is 12.4 Å². The third-order valence-corrected chi connectivity index (χ3v) is 11.2. The van der Waals surface area contributed by atoms with Gasteiger partial charge in [-0.25, -0.2) is 0 Å². The zero-order valence-corrected chi connectivity index (χ0v) is 28.1. The van der Waals surface area contributed by atoms with Crippen molar-refractivity contribution in [3.8, 4) is 0 Å². The van der Waals surface area contributed by atoms with Crippen molar-refractivity contribution in [3.05, 3.63) is 47.1 Å². The second-order valence-electron chi connectivity index (χ2n) is 14.3. The van der Waals surface area contributed by atoms with Gasteiger partial charge in [0.25, 0.3) is 0 Å². The van der Waals surface area contributed by atoms with Crippen molar-refractivity contribution in [1.82, 2.24) is 0 Å². The Hall–Kier alpha value is -1.37. The summed E-state index contributed by atoms with van der Waals surface area (Å²) in [5.74, 6) is 2.81. The largest absolute Gasteiger partial charge is 0.298 e. The van der Waals surface area contributed by atoms with E-state index >= 15 is 0 Å². The summed E-state index contributed by atoms with van der Waals surface area (Å²) in [6.45, 7) is 30.9. The molecule has 0 amide bonds. The third-order valence-electron chi connectivity index (χ3n) is 11.2. The Bertz CT molecular complexity index is 922. The minimum absolute atomic E-state index is 0.377. The molecule has 0 aromatic carbocycles. The van der Waals surface area contributed by atoms with E-state index in [1.807, 2.05) is 27.0 Å². The molecule has 3 saturated carbocycles. The predicted octanol–water partition coefficient (Wildman–Crippen LogP) is 12.0. The molecule has 1 spiro atoms. The Balaban J connectivity index is 0.00000260. The van der Waals surface area contributed by atoms with Crippen LogP contribution in [0.25, 0.3) is 0 Å². The van der Waals surface area contributed by atoms with Gasteiger partial charge in [0.2, 0.25) is 0 Å². The Morgan fingerprint density at radius 2 is 1.74 bits per heavy atom. The van der Waals surface area contributed by atoms with Crippen LogP contribution in [0.1, 0.15) is 140 Å². The molecule has 3 rings (SSSR count). The van der Waals surface area contributed by atoms with Gasteiger partial charge < -0.3 is 0 Å². The van der Waals surface area contributed by atoms with E-state index in [1.165, 1.54) is 80.9 Å². The van der Waals surface area contributed by atoms with Crippen LogP contribution in [0.4, 0.5) is 0 Å². The van der Waals surface area contributed by atoms with E-state index in [4.69, 9.17) is 0 Å². The van der Waals surface area contributed by atoms with Crippen LogP contribution in [0, 0.1) is 39.9 Å². The molecule has 0 bridgehead atoms. The van der Waals surface area contributed by atoms with Gasteiger partial charge >= 0.3 is 0 Å². The highest BCUT2D eigenvalue weighted by Crippen LogP contribution is 2.73. The van der Waals surface area contributed by atoms with Crippen molar-refractivity contribution in [1.29, 1.82) is 0 Å². The molecular weight excluding hydrogens is 470 g/mol. The van der Waals surface area contributed by atoms with Crippen LogP contribution in [0.3, 0.4) is 0 Å². The van der Waals surface area contributed by atoms with Crippen molar-refractivity contribution >= 4 is 6.21 Å². The molecule has 0 aromatic heterocycles. The maximum atomic E-state index is 4.60. The fourth-order valence-electron chi connectivity index (χ4n) is 9.02. The Kier molecular flexibility index (Phi) is 12.6. The fraction of sp³-hybridized carbons (Fsp3) is 0.763. The summed E-state index contributed by atoms with van der Waals surface area (Å²) in [6, 6.07) is 0. The molecule has 0 saturated heterocycles. The summed E-state index contributed by atoms with van der Waals surface area (Å²) in [6.07, 6.45) is 22.7. The van der Waals surface area contributed by atoms with Crippen LogP contribution in [0.15, 0.2) is 52.1 Å². The number of allylic oxidation sites excluding steroid dienone is 7. The second kappa shape index (κ2) is 14.5. The Morgan fingerprint density at radius 3 is 2.26 bits per heavy atom. The van der Waals surface area contributed by atoms with Gasteiger partial charge in [0.05, 0.1) is 0 Å². The zero-order valence-electron chi connectivity index (χ0n) is 28.1. The summed E-state index contributed by atoms with van der Waals surface area (Å²) >= 11 is 0. The van der Waals surface area contributed by atoms with Gasteiger partial charge in [0.1, 0.15) is 0 Å². The molecule has 0 aliphatic heterocycles. The highest BCUT2D eigenvalue weighted by Gasteiger charge is 2.65. The van der Waals surface area contributed by atoms with Crippen molar-refractivity contribution < 1.29 is 0 Å². The third kappa shape index (κ3) is 7.11. The average molecular weight is 536 g/mol. The van der Waals surface area contributed by atoms with Crippen LogP contribution in [0.2, 0.25) is 0 Å². The van der Waals surface area contributed by atoms with E-state index in [1.54, 1.807) is 5.57 Å². The summed E-state index contributed by atoms with van der Waals surface area (Å²) in [5.41, 5.74) is 7.19. The van der Waals surface area contributed by atoms with E-state index in [2.05, 4.69) is 85.2 Å². The van der Waals surface area contributed by atoms with E-state index < -0.39 is 0 Å². The van der Waals surface area contributed by atoms with Crippen LogP contribution in [0.5, 0.6) is 0 Å². The molecule has 3 aliphatic carbocycles. The normalized spacial score (nSPS) is 34.0. The molecule has 1 nitrogen and oxygen atoms in total. The monoisotopic (exact) mass is 536 g/mol. The molecule has 222 valence electrons. The lowest BCUT2D eigenvalue weighted by molar-refractivity contribution is -0.171. The summed E-state index contributed by atoms with van der Waals surface area (Å²) in [5, 5.41) is 0. The summed E-state index contributed by atoms with van der Waals surface area (Å²) in [7, 11) is 0. The second-order valence-corrected chi connectivity index (χ2v) is 14.3. The Morgan fingerprint density at radius 1 is 1.08 bits per heavy atom. The number of rotatable bonds is 10. The van der Waals surface area contributed by atoms with Crippen LogP contribution < -0.4 is 0 Å². The molecule has 0 aromatic rings. The van der Waals surface area contributed by atoms with E-state index in [9.17, 15) is 0 Å². The first-order valence-corrected chi connectivity index (χ1v) is 16.6. The minimum Gasteiger partial charge on any atom is -0.298 e. The van der Waals surface area contributed by atoms with Gasteiger partial charge in [-0.05, 0) is 131 Å². The highest BCUT2D eigenvalue weighted by atomic mass is 14.7. The molecule has 0 heterocycles. The highest BCUT2D eigenvalue weighted by molar-refractivity contribution is 5.53. The molecule has 39 heavy (non-hydrogen) atoms. The molecule has 0 N–H and O–H groups in total. The maximum absolute atomic E-state index is 4.60. The van der Waals surface area contributed by atoms with E-state index in [-0.39, 0.29) is 0 Å². The molecule has 0 radical (unpaired) electrons. The van der Waals surface area contributed by atoms with Gasteiger partial charge in [-0.15, -0.1) is 0 Å². The van der Waals surface area contributed by atoms with Gasteiger partial charge in [0.15, 0.2) is 0 Å². The molecule has 1 heteroatoms. The SMILES string of the molecule is C=C(C)C(/C=C/C=C(C)C)=C1\C(CC)CC(C)(C2CCC23CCCCC3(C)C)C1CCC(C)CN=CC.CC. The van der Waals surface area contributed by atoms with E-state index in [0.717, 1.165) is 12.5 Å². The fourth-order valence-corrected chi connectivity index (χ4v) is 9.02. The smallest absolute Gasteiger partial charge is 0.0410 e. The van der Waals surface area contributed by atoms with Crippen molar-refractivity contribution in [3.63, 3.8) is 0 Å². The van der Waals surface area contributed by atoms with E-state index in [0.29, 0.717) is 34.0 Å². The quantitative estimate of drug-likeness (QED) is 0.195. The summed E-state index contributed by atoms with van der Waals surface area (Å²) in [4.78, 5) is 4.60. The lowest BCUT2D eigenvalue weighted by atomic mass is 9.38. The minimum atomic E-state index is 0.377. The lowest BCUT2D eigenvalue weighted by Crippen LogP contribution is -2.58. The van der Waals surface area contributed by atoms with Crippen molar-refractivity contribution in [2.24, 2.45) is 44.9 Å². The molecular formula is C38H65N. The van der Waals surface area contributed by atoms with Crippen LogP contribution in [-0.2, 0) is 0 Å². The number of aliphatic imine (C=N–C) groups is 1. The standard InChI is InChI=1S/C36H59N.C2H6/c1-11-29-24-35(10,32-20-23-36(32)22-14-13-21-34(36,8)9)31(19-18-28(7)25-37-12-2)33(29)30(27(5)6)17-15-16-26(3)4;1-2/h12,15-17,28-29,31-32H,5,11,13-14,18-25H2,1-4,6-10H3;1-2H3/b17-15+,33-30+,37-12?;. The number of hydrogen-bond donors (Lipinski definition) is 0. The average Bonchev–Trinajstić information content (AvgIpc) is 3.14. The van der Waals surface area contributed by atoms with Crippen molar-refractivity contribution in [2.45, 2.75) is 140 Å². The van der Waals surface area contributed by atoms with Gasteiger partial charge in [0, 0.05) is 6.54 Å². The molecule has 6 unspecified atom stereocenters. The predicted molar refractivity (Wildman–Crippen MR) is 177 cm³/mol. The molecule has 3 fully saturated rings. The van der Waals surface area contributed by atoms with Crippen LogP contribution >= 0.6 is 0 Å². The maximum Gasteiger partial charge on any atom is 0.0410 e. The summed E-state index contributed by atoms with van der Waals surface area (Å²) < 4.78 is 0. The number of hydrogen-bond acceptors (Lipinski definition) is 1. The molecule has 6 atom stereocenters. The molecule has 3 aliphatic rings. The number of nitrogens with zero attached hydrogens (tertiary/aromatic N) is 1. The first kappa shape index (κ1) is 33.8. The zero-order chi connectivity index (χ0) is 29.4. The van der Waals surface area contributed by atoms with Crippen molar-refractivity contribution in [2.75, 3.05) is 6.54 Å². The Labute approximate surface area is 244 Å². The van der Waals surface area contributed by atoms with Gasteiger partial charge in [-0.3, -0.25) is 4.99 Å². The lowest BCUT2D eigenvalue weighted by Gasteiger charge is -2.66. The van der Waals surface area contributed by atoms with Crippen LogP contribution in [-0.4, -0.2) is 12.8 Å².